The number of rotatable bonds is 4. The Hall–Kier alpha value is -1.14. The van der Waals surface area contributed by atoms with Gasteiger partial charge < -0.3 is 5.11 Å². The Labute approximate surface area is 117 Å². The highest BCUT2D eigenvalue weighted by Gasteiger charge is 2.09. The monoisotopic (exact) mass is 326 g/mol. The summed E-state index contributed by atoms with van der Waals surface area (Å²) in [4.78, 5) is 19.5. The SMILES string of the molecule is CCc1nc(SCC(=O)O)c2ccc(Br)cc2n1. The molecule has 0 saturated heterocycles. The summed E-state index contributed by atoms with van der Waals surface area (Å²) in [5, 5.41) is 10.4. The Morgan fingerprint density at radius 2 is 2.22 bits per heavy atom. The van der Waals surface area contributed by atoms with Crippen LogP contribution < -0.4 is 0 Å². The lowest BCUT2D eigenvalue weighted by Crippen LogP contribution is -2.01. The molecular weight excluding hydrogens is 316 g/mol. The summed E-state index contributed by atoms with van der Waals surface area (Å²) in [6.45, 7) is 1.98. The third kappa shape index (κ3) is 3.00. The number of benzene rings is 1. The first-order valence-corrected chi connectivity index (χ1v) is 7.18. The fourth-order valence-electron chi connectivity index (χ4n) is 1.52. The first-order chi connectivity index (χ1) is 8.60. The Morgan fingerprint density at radius 3 is 2.89 bits per heavy atom. The molecule has 0 fully saturated rings. The second-order valence-electron chi connectivity index (χ2n) is 3.64. The zero-order valence-corrected chi connectivity index (χ0v) is 12.1. The Kier molecular flexibility index (Phi) is 4.19. The zero-order valence-electron chi connectivity index (χ0n) is 9.68. The van der Waals surface area contributed by atoms with Crippen molar-refractivity contribution in [2.75, 3.05) is 5.75 Å². The molecule has 0 amide bonds. The summed E-state index contributed by atoms with van der Waals surface area (Å²) in [5.41, 5.74) is 0.837. The molecular formula is C12H11BrN2O2S. The van der Waals surface area contributed by atoms with Crippen LogP contribution in [0.2, 0.25) is 0 Å². The van der Waals surface area contributed by atoms with Crippen LogP contribution in [0.25, 0.3) is 10.9 Å². The summed E-state index contributed by atoms with van der Waals surface area (Å²) in [5.74, 6) is -0.110. The van der Waals surface area contributed by atoms with E-state index in [2.05, 4.69) is 25.9 Å². The maximum atomic E-state index is 10.6. The van der Waals surface area contributed by atoms with E-state index in [1.165, 1.54) is 11.8 Å². The van der Waals surface area contributed by atoms with Gasteiger partial charge in [-0.15, -0.1) is 0 Å². The van der Waals surface area contributed by atoms with Crippen molar-refractivity contribution >= 4 is 44.6 Å². The Morgan fingerprint density at radius 1 is 1.44 bits per heavy atom. The quantitative estimate of drug-likeness (QED) is 0.690. The van der Waals surface area contributed by atoms with E-state index < -0.39 is 5.97 Å². The molecule has 6 heteroatoms. The number of aliphatic carboxylic acids is 1. The van der Waals surface area contributed by atoms with Gasteiger partial charge in [-0.05, 0) is 18.2 Å². The van der Waals surface area contributed by atoms with E-state index in [4.69, 9.17) is 5.11 Å². The van der Waals surface area contributed by atoms with Crippen molar-refractivity contribution in [3.63, 3.8) is 0 Å². The Balaban J connectivity index is 2.51. The van der Waals surface area contributed by atoms with Gasteiger partial charge >= 0.3 is 5.97 Å². The smallest absolute Gasteiger partial charge is 0.313 e. The van der Waals surface area contributed by atoms with Crippen molar-refractivity contribution in [2.45, 2.75) is 18.4 Å². The van der Waals surface area contributed by atoms with Crippen LogP contribution in [0.3, 0.4) is 0 Å². The van der Waals surface area contributed by atoms with Gasteiger partial charge in [-0.2, -0.15) is 0 Å². The van der Waals surface area contributed by atoms with Crippen molar-refractivity contribution in [1.82, 2.24) is 9.97 Å². The van der Waals surface area contributed by atoms with Crippen LogP contribution in [0.5, 0.6) is 0 Å². The van der Waals surface area contributed by atoms with Crippen molar-refractivity contribution < 1.29 is 9.90 Å². The van der Waals surface area contributed by atoms with Gasteiger partial charge in [0.2, 0.25) is 0 Å². The first kappa shape index (κ1) is 13.3. The number of aryl methyl sites for hydroxylation is 1. The van der Waals surface area contributed by atoms with Crippen molar-refractivity contribution in [3.8, 4) is 0 Å². The van der Waals surface area contributed by atoms with Crippen LogP contribution in [-0.4, -0.2) is 26.8 Å². The largest absolute Gasteiger partial charge is 0.481 e. The molecule has 1 heterocycles. The lowest BCUT2D eigenvalue weighted by Gasteiger charge is -2.06. The van der Waals surface area contributed by atoms with Crippen LogP contribution >= 0.6 is 27.7 Å². The number of nitrogens with zero attached hydrogens (tertiary/aromatic N) is 2. The fraction of sp³-hybridized carbons (Fsp3) is 0.250. The third-order valence-corrected chi connectivity index (χ3v) is 3.79. The van der Waals surface area contributed by atoms with Crippen molar-refractivity contribution in [2.24, 2.45) is 0 Å². The van der Waals surface area contributed by atoms with Crippen LogP contribution in [-0.2, 0) is 11.2 Å². The van der Waals surface area contributed by atoms with E-state index in [1.54, 1.807) is 0 Å². The number of hydrogen-bond acceptors (Lipinski definition) is 4. The molecule has 0 unspecified atom stereocenters. The second-order valence-corrected chi connectivity index (χ2v) is 5.52. The number of carboxylic acid groups (broad SMARTS) is 1. The molecule has 0 radical (unpaired) electrons. The molecule has 1 aromatic heterocycles. The minimum atomic E-state index is -0.845. The molecule has 4 nitrogen and oxygen atoms in total. The Bertz CT molecular complexity index is 604. The third-order valence-electron chi connectivity index (χ3n) is 2.32. The fourth-order valence-corrected chi connectivity index (χ4v) is 2.63. The average Bonchev–Trinajstić information content (AvgIpc) is 2.34. The van der Waals surface area contributed by atoms with Gasteiger partial charge in [0.25, 0.3) is 0 Å². The lowest BCUT2D eigenvalue weighted by molar-refractivity contribution is -0.133. The van der Waals surface area contributed by atoms with Gasteiger partial charge in [0.1, 0.15) is 10.9 Å². The summed E-state index contributed by atoms with van der Waals surface area (Å²) in [6, 6.07) is 5.73. The number of carbonyl (C=O) groups is 1. The number of carboxylic acids is 1. The molecule has 0 saturated carbocycles. The van der Waals surface area contributed by atoms with Crippen LogP contribution in [0, 0.1) is 0 Å². The van der Waals surface area contributed by atoms with E-state index in [0.717, 1.165) is 32.6 Å². The molecule has 0 bridgehead atoms. The normalized spacial score (nSPS) is 10.8. The van der Waals surface area contributed by atoms with Gasteiger partial charge in [-0.3, -0.25) is 4.79 Å². The van der Waals surface area contributed by atoms with Crippen molar-refractivity contribution in [3.05, 3.63) is 28.5 Å². The van der Waals surface area contributed by atoms with Crippen LogP contribution in [0.1, 0.15) is 12.7 Å². The molecule has 0 aliphatic rings. The molecule has 0 aliphatic heterocycles. The molecule has 0 spiro atoms. The average molecular weight is 327 g/mol. The molecule has 1 N–H and O–H groups in total. The maximum Gasteiger partial charge on any atom is 0.313 e. The first-order valence-electron chi connectivity index (χ1n) is 5.41. The number of thioether (sulfide) groups is 1. The minimum absolute atomic E-state index is 0.00529. The number of fused-ring (bicyclic) bond motifs is 1. The molecule has 2 rings (SSSR count). The van der Waals surface area contributed by atoms with E-state index in [0.29, 0.717) is 0 Å². The molecule has 2 aromatic rings. The van der Waals surface area contributed by atoms with Gasteiger partial charge in [-0.1, -0.05) is 34.6 Å². The van der Waals surface area contributed by atoms with Gasteiger partial charge in [0.05, 0.1) is 11.3 Å². The molecule has 94 valence electrons. The number of halogens is 1. The van der Waals surface area contributed by atoms with Gasteiger partial charge in [-0.25, -0.2) is 9.97 Å². The summed E-state index contributed by atoms with van der Waals surface area (Å²) >= 11 is 4.63. The minimum Gasteiger partial charge on any atom is -0.481 e. The van der Waals surface area contributed by atoms with Gasteiger partial charge in [0.15, 0.2) is 0 Å². The van der Waals surface area contributed by atoms with E-state index >= 15 is 0 Å². The predicted molar refractivity (Wildman–Crippen MR) is 75.0 cm³/mol. The van der Waals surface area contributed by atoms with E-state index in [1.807, 2.05) is 25.1 Å². The van der Waals surface area contributed by atoms with Crippen molar-refractivity contribution in [1.29, 1.82) is 0 Å². The standard InChI is InChI=1S/C12H11BrN2O2S/c1-2-10-14-9-5-7(13)3-4-8(9)12(15-10)18-6-11(16)17/h3-5H,2,6H2,1H3,(H,16,17). The molecule has 1 aromatic carbocycles. The predicted octanol–water partition coefficient (Wildman–Crippen LogP) is 3.13. The maximum absolute atomic E-state index is 10.6. The highest BCUT2D eigenvalue weighted by atomic mass is 79.9. The summed E-state index contributed by atoms with van der Waals surface area (Å²) in [7, 11) is 0. The van der Waals surface area contributed by atoms with Gasteiger partial charge in [0, 0.05) is 16.3 Å². The topological polar surface area (TPSA) is 63.1 Å². The number of hydrogen-bond donors (Lipinski definition) is 1. The summed E-state index contributed by atoms with van der Waals surface area (Å²) in [6.07, 6.45) is 0.725. The lowest BCUT2D eigenvalue weighted by atomic mass is 10.2. The number of aromatic nitrogens is 2. The highest BCUT2D eigenvalue weighted by molar-refractivity contribution is 9.10. The molecule has 18 heavy (non-hydrogen) atoms. The van der Waals surface area contributed by atoms with E-state index in [-0.39, 0.29) is 5.75 Å². The molecule has 0 atom stereocenters. The zero-order chi connectivity index (χ0) is 13.1. The summed E-state index contributed by atoms with van der Waals surface area (Å²) < 4.78 is 0.949. The second kappa shape index (κ2) is 5.67. The molecule has 0 aliphatic carbocycles. The van der Waals surface area contributed by atoms with E-state index in [9.17, 15) is 4.79 Å². The highest BCUT2D eigenvalue weighted by Crippen LogP contribution is 2.27. The van der Waals surface area contributed by atoms with Crippen LogP contribution in [0.4, 0.5) is 0 Å². The van der Waals surface area contributed by atoms with Crippen LogP contribution in [0.15, 0.2) is 27.7 Å².